The highest BCUT2D eigenvalue weighted by Gasteiger charge is 2.27. The number of nitrogens with zero attached hydrogens (tertiary/aromatic N) is 2. The molecule has 2 rings (SSSR count). The second kappa shape index (κ2) is 2.44. The van der Waals surface area contributed by atoms with Crippen LogP contribution in [0.2, 0.25) is 0 Å². The lowest BCUT2D eigenvalue weighted by molar-refractivity contribution is 0.273. The van der Waals surface area contributed by atoms with Crippen LogP contribution in [-0.2, 0) is 0 Å². The molecule has 1 aromatic heterocycles. The molecule has 1 aliphatic heterocycles. The largest absolute Gasteiger partial charge is 0.350 e. The fraction of sp³-hybridized carbons (Fsp3) is 0.571. The predicted octanol–water partition coefficient (Wildman–Crippen LogP) is 1.61. The number of rotatable bonds is 1. The van der Waals surface area contributed by atoms with Crippen molar-refractivity contribution in [1.82, 2.24) is 4.98 Å². The molecule has 1 aromatic rings. The summed E-state index contributed by atoms with van der Waals surface area (Å²) < 4.78 is 12.4. The Morgan fingerprint density at radius 3 is 2.91 bits per heavy atom. The highest BCUT2D eigenvalue weighted by atomic mass is 32.1. The van der Waals surface area contributed by atoms with Crippen molar-refractivity contribution in [3.63, 3.8) is 0 Å². The summed E-state index contributed by atoms with van der Waals surface area (Å²) in [4.78, 5) is 6.20. The van der Waals surface area contributed by atoms with Crippen molar-refractivity contribution < 1.29 is 4.39 Å². The molecule has 4 heteroatoms. The Kier molecular flexibility index (Phi) is 1.56. The topological polar surface area (TPSA) is 16.1 Å². The molecule has 11 heavy (non-hydrogen) atoms. The number of aromatic nitrogens is 1. The van der Waals surface area contributed by atoms with E-state index in [1.54, 1.807) is 11.3 Å². The van der Waals surface area contributed by atoms with Crippen molar-refractivity contribution in [1.29, 1.82) is 0 Å². The van der Waals surface area contributed by atoms with Gasteiger partial charge in [0.15, 0.2) is 0 Å². The quantitative estimate of drug-likeness (QED) is 0.639. The van der Waals surface area contributed by atoms with Gasteiger partial charge < -0.3 is 4.90 Å². The lowest BCUT2D eigenvalue weighted by Gasteiger charge is -2.34. The van der Waals surface area contributed by atoms with Gasteiger partial charge in [0, 0.05) is 5.38 Å². The zero-order valence-corrected chi connectivity index (χ0v) is 7.07. The molecule has 0 aromatic carbocycles. The van der Waals surface area contributed by atoms with Gasteiger partial charge in [0.2, 0.25) is 0 Å². The van der Waals surface area contributed by atoms with Gasteiger partial charge in [-0.2, -0.15) is 0 Å². The van der Waals surface area contributed by atoms with Crippen molar-refractivity contribution in [2.24, 2.45) is 0 Å². The molecule has 0 aliphatic carbocycles. The third-order valence-corrected chi connectivity index (χ3v) is 2.53. The smallest absolute Gasteiger partial charge is 0.140 e. The first-order chi connectivity index (χ1) is 5.25. The van der Waals surface area contributed by atoms with E-state index in [0.717, 1.165) is 10.8 Å². The fourth-order valence-corrected chi connectivity index (χ4v) is 1.73. The molecule has 60 valence electrons. The summed E-state index contributed by atoms with van der Waals surface area (Å²) >= 11 is 1.61. The minimum absolute atomic E-state index is 0.517. The van der Waals surface area contributed by atoms with Crippen LogP contribution in [0.5, 0.6) is 0 Å². The van der Waals surface area contributed by atoms with Gasteiger partial charge in [0.1, 0.15) is 12.0 Å². The number of alkyl halides is 1. The minimum Gasteiger partial charge on any atom is -0.350 e. The number of thiazole rings is 1. The van der Waals surface area contributed by atoms with Crippen molar-refractivity contribution in [2.45, 2.75) is 13.1 Å². The van der Waals surface area contributed by atoms with Gasteiger partial charge in [0.05, 0.1) is 18.1 Å². The predicted molar refractivity (Wildman–Crippen MR) is 44.0 cm³/mol. The summed E-state index contributed by atoms with van der Waals surface area (Å²) in [5.41, 5.74) is 0. The summed E-state index contributed by atoms with van der Waals surface area (Å²) in [6.45, 7) is 2.99. The molecular formula is C7H9FN2S. The van der Waals surface area contributed by atoms with Gasteiger partial charge in [-0.1, -0.05) is 0 Å². The first-order valence-corrected chi connectivity index (χ1v) is 4.45. The van der Waals surface area contributed by atoms with Gasteiger partial charge >= 0.3 is 0 Å². The summed E-state index contributed by atoms with van der Waals surface area (Å²) in [7, 11) is 0. The van der Waals surface area contributed by atoms with Crippen molar-refractivity contribution in [3.05, 3.63) is 10.4 Å². The molecule has 0 saturated carbocycles. The van der Waals surface area contributed by atoms with Gasteiger partial charge in [-0.25, -0.2) is 9.37 Å². The molecule has 2 nitrogen and oxygen atoms in total. The third kappa shape index (κ3) is 1.22. The number of aryl methyl sites for hydroxylation is 1. The standard InChI is InChI=1S/C7H9FN2S/c1-5-9-7(4-11-5)10-2-6(8)3-10/h4,6H,2-3H2,1H3. The highest BCUT2D eigenvalue weighted by Crippen LogP contribution is 2.23. The lowest BCUT2D eigenvalue weighted by atomic mass is 10.2. The number of halogens is 1. The fourth-order valence-electron chi connectivity index (χ4n) is 1.11. The van der Waals surface area contributed by atoms with E-state index in [9.17, 15) is 4.39 Å². The van der Waals surface area contributed by atoms with Crippen LogP contribution < -0.4 is 4.90 Å². The van der Waals surface area contributed by atoms with E-state index >= 15 is 0 Å². The van der Waals surface area contributed by atoms with Crippen molar-refractivity contribution in [3.8, 4) is 0 Å². The van der Waals surface area contributed by atoms with E-state index in [4.69, 9.17) is 0 Å². The molecule has 0 amide bonds. The summed E-state index contributed by atoms with van der Waals surface area (Å²) in [5.74, 6) is 0.932. The van der Waals surface area contributed by atoms with Crippen LogP contribution in [0.25, 0.3) is 0 Å². The van der Waals surface area contributed by atoms with E-state index in [2.05, 4.69) is 4.98 Å². The molecule has 2 heterocycles. The van der Waals surface area contributed by atoms with Crippen molar-refractivity contribution in [2.75, 3.05) is 18.0 Å². The van der Waals surface area contributed by atoms with Crippen LogP contribution in [0.1, 0.15) is 5.01 Å². The molecule has 1 fully saturated rings. The van der Waals surface area contributed by atoms with E-state index in [0.29, 0.717) is 13.1 Å². The normalized spacial score (nSPS) is 18.5. The molecule has 0 N–H and O–H groups in total. The second-order valence-electron chi connectivity index (χ2n) is 2.73. The molecule has 0 bridgehead atoms. The molecule has 1 aliphatic rings. The van der Waals surface area contributed by atoms with E-state index in [-0.39, 0.29) is 0 Å². The molecule has 0 atom stereocenters. The Hall–Kier alpha value is -0.640. The van der Waals surface area contributed by atoms with Gasteiger partial charge in [0.25, 0.3) is 0 Å². The Morgan fingerprint density at radius 1 is 1.73 bits per heavy atom. The zero-order valence-electron chi connectivity index (χ0n) is 6.25. The summed E-state index contributed by atoms with van der Waals surface area (Å²) in [6, 6.07) is 0. The zero-order chi connectivity index (χ0) is 7.84. The maximum absolute atomic E-state index is 12.4. The van der Waals surface area contributed by atoms with Crippen LogP contribution in [0.15, 0.2) is 5.38 Å². The summed E-state index contributed by atoms with van der Waals surface area (Å²) in [6.07, 6.45) is -0.642. The Balaban J connectivity index is 2.07. The molecule has 1 saturated heterocycles. The van der Waals surface area contributed by atoms with Gasteiger partial charge in [-0.15, -0.1) is 11.3 Å². The van der Waals surface area contributed by atoms with E-state index in [1.807, 2.05) is 17.2 Å². The van der Waals surface area contributed by atoms with Crippen LogP contribution in [0, 0.1) is 6.92 Å². The minimum atomic E-state index is -0.642. The first kappa shape index (κ1) is 7.03. The summed E-state index contributed by atoms with van der Waals surface area (Å²) in [5, 5.41) is 3.02. The average molecular weight is 172 g/mol. The van der Waals surface area contributed by atoms with Crippen molar-refractivity contribution >= 4 is 17.2 Å². The maximum Gasteiger partial charge on any atom is 0.140 e. The number of hydrogen-bond donors (Lipinski definition) is 0. The third-order valence-electron chi connectivity index (χ3n) is 1.77. The Bertz CT molecular complexity index is 255. The number of hydrogen-bond acceptors (Lipinski definition) is 3. The van der Waals surface area contributed by atoms with Crippen LogP contribution in [0.4, 0.5) is 10.2 Å². The first-order valence-electron chi connectivity index (χ1n) is 3.57. The van der Waals surface area contributed by atoms with Gasteiger partial charge in [-0.3, -0.25) is 0 Å². The number of anilines is 1. The van der Waals surface area contributed by atoms with Crippen LogP contribution in [0.3, 0.4) is 0 Å². The van der Waals surface area contributed by atoms with Crippen LogP contribution in [-0.4, -0.2) is 24.2 Å². The average Bonchev–Trinajstić information content (AvgIpc) is 2.29. The van der Waals surface area contributed by atoms with E-state index < -0.39 is 6.17 Å². The van der Waals surface area contributed by atoms with E-state index in [1.165, 1.54) is 0 Å². The van der Waals surface area contributed by atoms with Crippen LogP contribution >= 0.6 is 11.3 Å². The highest BCUT2D eigenvalue weighted by molar-refractivity contribution is 7.09. The monoisotopic (exact) mass is 172 g/mol. The Labute approximate surface area is 68.7 Å². The molecule has 0 radical (unpaired) electrons. The van der Waals surface area contributed by atoms with Gasteiger partial charge in [-0.05, 0) is 6.92 Å². The Morgan fingerprint density at radius 2 is 2.45 bits per heavy atom. The lowest BCUT2D eigenvalue weighted by Crippen LogP contribution is -2.48. The maximum atomic E-state index is 12.4. The second-order valence-corrected chi connectivity index (χ2v) is 3.79. The SMILES string of the molecule is Cc1nc(N2CC(F)C2)cs1. The molecular weight excluding hydrogens is 163 g/mol. The molecule has 0 spiro atoms. The molecule has 0 unspecified atom stereocenters.